The third-order valence-corrected chi connectivity index (χ3v) is 3.60. The summed E-state index contributed by atoms with van der Waals surface area (Å²) >= 11 is 0. The molecular formula is C19H19N5O. The number of rotatable bonds is 7. The number of nitrogens with zero attached hydrogens (tertiary/aromatic N) is 3. The van der Waals surface area contributed by atoms with Crippen molar-refractivity contribution in [1.82, 2.24) is 20.3 Å². The molecule has 0 unspecified atom stereocenters. The van der Waals surface area contributed by atoms with Crippen molar-refractivity contribution in [2.24, 2.45) is 0 Å². The zero-order valence-corrected chi connectivity index (χ0v) is 13.7. The predicted octanol–water partition coefficient (Wildman–Crippen LogP) is 2.46. The molecule has 6 heteroatoms. The highest BCUT2D eigenvalue weighted by Gasteiger charge is 2.08. The lowest BCUT2D eigenvalue weighted by molar-refractivity contribution is 0.0946. The summed E-state index contributed by atoms with van der Waals surface area (Å²) in [5.41, 5.74) is 2.51. The molecule has 0 aliphatic heterocycles. The summed E-state index contributed by atoms with van der Waals surface area (Å²) < 4.78 is 0. The molecule has 0 bridgehead atoms. The van der Waals surface area contributed by atoms with Crippen molar-refractivity contribution in [3.63, 3.8) is 0 Å². The van der Waals surface area contributed by atoms with Crippen molar-refractivity contribution in [3.8, 4) is 0 Å². The number of pyridine rings is 1. The molecule has 126 valence electrons. The maximum absolute atomic E-state index is 12.2. The van der Waals surface area contributed by atoms with E-state index in [4.69, 9.17) is 0 Å². The Morgan fingerprint density at radius 1 is 0.960 bits per heavy atom. The molecule has 2 heterocycles. The molecule has 0 saturated carbocycles. The van der Waals surface area contributed by atoms with Crippen molar-refractivity contribution in [1.29, 1.82) is 0 Å². The first kappa shape index (κ1) is 16.6. The molecule has 3 aromatic rings. The Kier molecular flexibility index (Phi) is 5.66. The van der Waals surface area contributed by atoms with Crippen molar-refractivity contribution < 1.29 is 4.79 Å². The normalized spacial score (nSPS) is 10.2. The molecule has 0 spiro atoms. The molecule has 2 N–H and O–H groups in total. The number of carbonyl (C=O) groups is 1. The van der Waals surface area contributed by atoms with Crippen LogP contribution >= 0.6 is 0 Å². The summed E-state index contributed by atoms with van der Waals surface area (Å²) in [7, 11) is 0. The van der Waals surface area contributed by atoms with Crippen molar-refractivity contribution >= 4 is 11.9 Å². The van der Waals surface area contributed by atoms with E-state index in [2.05, 4.69) is 37.7 Å². The van der Waals surface area contributed by atoms with Gasteiger partial charge in [0.15, 0.2) is 0 Å². The molecule has 0 radical (unpaired) electrons. The van der Waals surface area contributed by atoms with Gasteiger partial charge in [-0.3, -0.25) is 9.78 Å². The molecule has 3 rings (SSSR count). The Morgan fingerprint density at radius 3 is 2.60 bits per heavy atom. The first-order valence-corrected chi connectivity index (χ1v) is 8.09. The van der Waals surface area contributed by atoms with E-state index < -0.39 is 0 Å². The van der Waals surface area contributed by atoms with Gasteiger partial charge in [-0.25, -0.2) is 9.97 Å². The zero-order chi connectivity index (χ0) is 17.3. The highest BCUT2D eigenvalue weighted by atomic mass is 16.1. The Bertz CT molecular complexity index is 808. The predicted molar refractivity (Wildman–Crippen MR) is 96.1 cm³/mol. The monoisotopic (exact) mass is 333 g/mol. The molecule has 2 aromatic heterocycles. The van der Waals surface area contributed by atoms with Crippen LogP contribution in [-0.4, -0.2) is 27.4 Å². The van der Waals surface area contributed by atoms with Gasteiger partial charge in [-0.05, 0) is 29.7 Å². The number of carbonyl (C=O) groups excluding carboxylic acids is 1. The Hall–Kier alpha value is -3.28. The van der Waals surface area contributed by atoms with E-state index in [0.717, 1.165) is 12.0 Å². The lowest BCUT2D eigenvalue weighted by Gasteiger charge is -2.07. The van der Waals surface area contributed by atoms with Crippen molar-refractivity contribution in [3.05, 3.63) is 83.9 Å². The number of benzene rings is 1. The number of amides is 1. The minimum absolute atomic E-state index is 0.239. The fourth-order valence-corrected chi connectivity index (χ4v) is 2.31. The number of nitrogens with one attached hydrogen (secondary N) is 2. The molecule has 25 heavy (non-hydrogen) atoms. The van der Waals surface area contributed by atoms with Crippen LogP contribution in [-0.2, 0) is 13.0 Å². The van der Waals surface area contributed by atoms with Gasteiger partial charge in [-0.15, -0.1) is 0 Å². The fourth-order valence-electron chi connectivity index (χ4n) is 2.31. The van der Waals surface area contributed by atoms with E-state index in [1.807, 2.05) is 30.3 Å². The average Bonchev–Trinajstić information content (AvgIpc) is 2.68. The lowest BCUT2D eigenvalue weighted by atomic mass is 10.1. The van der Waals surface area contributed by atoms with Gasteiger partial charge in [-0.1, -0.05) is 36.4 Å². The SMILES string of the molecule is O=C(NCc1cccnc1)c1ccnc(NCCc2ccccc2)n1. The first-order chi connectivity index (χ1) is 12.3. The summed E-state index contributed by atoms with van der Waals surface area (Å²) in [6, 6.07) is 15.5. The number of hydrogen-bond donors (Lipinski definition) is 2. The summed E-state index contributed by atoms with van der Waals surface area (Å²) in [5, 5.41) is 5.98. The van der Waals surface area contributed by atoms with E-state index >= 15 is 0 Å². The third-order valence-electron chi connectivity index (χ3n) is 3.60. The third kappa shape index (κ3) is 5.10. The van der Waals surface area contributed by atoms with E-state index in [0.29, 0.717) is 24.7 Å². The Morgan fingerprint density at radius 2 is 1.80 bits per heavy atom. The standard InChI is InChI=1S/C19H19N5O/c25-18(23-14-16-7-4-10-20-13-16)17-9-12-22-19(24-17)21-11-8-15-5-2-1-3-6-15/h1-7,9-10,12-13H,8,11,14H2,(H,23,25)(H,21,22,24). The second kappa shape index (κ2) is 8.54. The summed E-state index contributed by atoms with van der Waals surface area (Å²) in [5.74, 6) is 0.210. The molecule has 1 aromatic carbocycles. The maximum Gasteiger partial charge on any atom is 0.270 e. The summed E-state index contributed by atoms with van der Waals surface area (Å²) in [6.07, 6.45) is 5.86. The van der Waals surface area contributed by atoms with Crippen LogP contribution < -0.4 is 10.6 Å². The quantitative estimate of drug-likeness (QED) is 0.694. The van der Waals surface area contributed by atoms with Crippen LogP contribution in [0.4, 0.5) is 5.95 Å². The Labute approximate surface area is 146 Å². The zero-order valence-electron chi connectivity index (χ0n) is 13.7. The number of aromatic nitrogens is 3. The van der Waals surface area contributed by atoms with Gasteiger partial charge in [0.05, 0.1) is 0 Å². The summed E-state index contributed by atoms with van der Waals surface area (Å²) in [6.45, 7) is 1.11. The van der Waals surface area contributed by atoms with E-state index in [1.54, 1.807) is 24.7 Å². The minimum Gasteiger partial charge on any atom is -0.354 e. The van der Waals surface area contributed by atoms with Crippen LogP contribution in [0.25, 0.3) is 0 Å². The van der Waals surface area contributed by atoms with Crippen LogP contribution in [0.15, 0.2) is 67.1 Å². The number of anilines is 1. The lowest BCUT2D eigenvalue weighted by Crippen LogP contribution is -2.24. The van der Waals surface area contributed by atoms with Gasteiger partial charge in [0.2, 0.25) is 5.95 Å². The van der Waals surface area contributed by atoms with Crippen LogP contribution in [0.5, 0.6) is 0 Å². The van der Waals surface area contributed by atoms with Gasteiger partial charge in [-0.2, -0.15) is 0 Å². The second-order valence-corrected chi connectivity index (χ2v) is 5.47. The van der Waals surface area contributed by atoms with E-state index in [1.165, 1.54) is 5.56 Å². The second-order valence-electron chi connectivity index (χ2n) is 5.47. The molecule has 1 amide bonds. The number of hydrogen-bond acceptors (Lipinski definition) is 5. The van der Waals surface area contributed by atoms with Crippen molar-refractivity contribution in [2.75, 3.05) is 11.9 Å². The average molecular weight is 333 g/mol. The molecule has 0 fully saturated rings. The van der Waals surface area contributed by atoms with Crippen LogP contribution in [0, 0.1) is 0 Å². The molecule has 0 aliphatic carbocycles. The highest BCUT2D eigenvalue weighted by molar-refractivity contribution is 5.92. The van der Waals surface area contributed by atoms with Crippen molar-refractivity contribution in [2.45, 2.75) is 13.0 Å². The largest absolute Gasteiger partial charge is 0.354 e. The first-order valence-electron chi connectivity index (χ1n) is 8.09. The highest BCUT2D eigenvalue weighted by Crippen LogP contribution is 2.04. The molecule has 0 aliphatic rings. The van der Waals surface area contributed by atoms with E-state index in [9.17, 15) is 4.79 Å². The Balaban J connectivity index is 1.52. The topological polar surface area (TPSA) is 79.8 Å². The van der Waals surface area contributed by atoms with Gasteiger partial charge < -0.3 is 10.6 Å². The van der Waals surface area contributed by atoms with Crippen LogP contribution in [0.1, 0.15) is 21.6 Å². The molecule has 6 nitrogen and oxygen atoms in total. The summed E-state index contributed by atoms with van der Waals surface area (Å²) in [4.78, 5) is 24.7. The van der Waals surface area contributed by atoms with Gasteiger partial charge in [0, 0.05) is 31.7 Å². The van der Waals surface area contributed by atoms with Gasteiger partial charge >= 0.3 is 0 Å². The maximum atomic E-state index is 12.2. The van der Waals surface area contributed by atoms with Crippen LogP contribution in [0.2, 0.25) is 0 Å². The molecular weight excluding hydrogens is 314 g/mol. The fraction of sp³-hybridized carbons (Fsp3) is 0.158. The smallest absolute Gasteiger partial charge is 0.270 e. The molecule has 0 atom stereocenters. The minimum atomic E-state index is -0.239. The van der Waals surface area contributed by atoms with Crippen LogP contribution in [0.3, 0.4) is 0 Å². The molecule has 0 saturated heterocycles. The van der Waals surface area contributed by atoms with E-state index in [-0.39, 0.29) is 5.91 Å². The van der Waals surface area contributed by atoms with Gasteiger partial charge in [0.25, 0.3) is 5.91 Å². The van der Waals surface area contributed by atoms with Gasteiger partial charge in [0.1, 0.15) is 5.69 Å².